The first-order chi connectivity index (χ1) is 10.3. The van der Waals surface area contributed by atoms with Crippen LogP contribution in [-0.2, 0) is 0 Å². The second-order valence-electron chi connectivity index (χ2n) is 4.09. The van der Waals surface area contributed by atoms with E-state index in [0.29, 0.717) is 15.6 Å². The van der Waals surface area contributed by atoms with Crippen LogP contribution in [0.4, 0.5) is 5.13 Å². The number of anilines is 1. The minimum Gasteiger partial charge on any atom is -0.384 e. The van der Waals surface area contributed by atoms with Gasteiger partial charge in [0.1, 0.15) is 6.61 Å². The minimum atomic E-state index is -0.194. The lowest BCUT2D eigenvalue weighted by atomic mass is 10.2. The number of thiophene rings is 1. The van der Waals surface area contributed by atoms with E-state index in [4.69, 9.17) is 5.11 Å². The first kappa shape index (κ1) is 13.8. The molecule has 0 unspecified atom stereocenters. The van der Waals surface area contributed by atoms with Crippen molar-refractivity contribution in [2.45, 2.75) is 0 Å². The highest BCUT2D eigenvalue weighted by molar-refractivity contribution is 7.17. The summed E-state index contributed by atoms with van der Waals surface area (Å²) in [5.41, 5.74) is 0.647. The SMILES string of the molecule is O=C(Nc1ncc(C#CCO)s1)c1csc2ccccc12. The Kier molecular flexibility index (Phi) is 3.97. The highest BCUT2D eigenvalue weighted by Crippen LogP contribution is 2.27. The average Bonchev–Trinajstić information content (AvgIpc) is 3.11. The molecular weight excluding hydrogens is 304 g/mol. The summed E-state index contributed by atoms with van der Waals surface area (Å²) in [5.74, 6) is 5.13. The number of nitrogens with zero attached hydrogens (tertiary/aromatic N) is 1. The number of thiazole rings is 1. The summed E-state index contributed by atoms with van der Waals surface area (Å²) in [4.78, 5) is 17.1. The molecule has 3 aromatic rings. The molecule has 2 heterocycles. The van der Waals surface area contributed by atoms with Crippen molar-refractivity contribution in [3.8, 4) is 11.8 Å². The Morgan fingerprint density at radius 1 is 1.38 bits per heavy atom. The van der Waals surface area contributed by atoms with Crippen LogP contribution in [0, 0.1) is 11.8 Å². The van der Waals surface area contributed by atoms with Crippen molar-refractivity contribution in [2.75, 3.05) is 11.9 Å². The summed E-state index contributed by atoms with van der Waals surface area (Å²) in [6.45, 7) is -0.194. The molecule has 2 aromatic heterocycles. The number of aromatic nitrogens is 1. The van der Waals surface area contributed by atoms with E-state index < -0.39 is 0 Å². The Morgan fingerprint density at radius 3 is 3.10 bits per heavy atom. The average molecular weight is 314 g/mol. The number of rotatable bonds is 2. The number of hydrogen-bond donors (Lipinski definition) is 2. The molecule has 1 amide bonds. The Morgan fingerprint density at radius 2 is 2.24 bits per heavy atom. The van der Waals surface area contributed by atoms with Gasteiger partial charge in [0.2, 0.25) is 0 Å². The molecule has 0 radical (unpaired) electrons. The lowest BCUT2D eigenvalue weighted by Crippen LogP contribution is -2.10. The predicted molar refractivity (Wildman–Crippen MR) is 85.9 cm³/mol. The number of amides is 1. The van der Waals surface area contributed by atoms with Gasteiger partial charge in [-0.05, 0) is 6.07 Å². The summed E-state index contributed by atoms with van der Waals surface area (Å²) >= 11 is 2.82. The molecule has 0 aliphatic carbocycles. The van der Waals surface area contributed by atoms with Crippen LogP contribution in [0.5, 0.6) is 0 Å². The lowest BCUT2D eigenvalue weighted by Gasteiger charge is -1.99. The second kappa shape index (κ2) is 6.06. The van der Waals surface area contributed by atoms with Crippen LogP contribution in [0.15, 0.2) is 35.8 Å². The molecule has 0 aliphatic rings. The molecule has 0 saturated carbocycles. The molecule has 0 atom stereocenters. The van der Waals surface area contributed by atoms with E-state index in [9.17, 15) is 4.79 Å². The normalized spacial score (nSPS) is 10.1. The maximum absolute atomic E-state index is 12.3. The van der Waals surface area contributed by atoms with E-state index in [2.05, 4.69) is 22.1 Å². The van der Waals surface area contributed by atoms with Crippen molar-refractivity contribution in [1.29, 1.82) is 0 Å². The van der Waals surface area contributed by atoms with Gasteiger partial charge < -0.3 is 5.11 Å². The first-order valence-electron chi connectivity index (χ1n) is 6.11. The second-order valence-corrected chi connectivity index (χ2v) is 6.03. The number of benzene rings is 1. The van der Waals surface area contributed by atoms with Crippen LogP contribution in [0.25, 0.3) is 10.1 Å². The Labute approximate surface area is 129 Å². The van der Waals surface area contributed by atoms with Gasteiger partial charge in [-0.1, -0.05) is 41.4 Å². The minimum absolute atomic E-state index is 0.177. The van der Waals surface area contributed by atoms with Gasteiger partial charge in [0.15, 0.2) is 5.13 Å². The quantitative estimate of drug-likeness (QED) is 0.715. The van der Waals surface area contributed by atoms with Gasteiger partial charge in [-0.2, -0.15) is 0 Å². The van der Waals surface area contributed by atoms with E-state index in [0.717, 1.165) is 10.1 Å². The van der Waals surface area contributed by atoms with Crippen molar-refractivity contribution in [2.24, 2.45) is 0 Å². The fourth-order valence-electron chi connectivity index (χ4n) is 1.83. The highest BCUT2D eigenvalue weighted by atomic mass is 32.1. The zero-order valence-corrected chi connectivity index (χ0v) is 12.4. The summed E-state index contributed by atoms with van der Waals surface area (Å²) in [6.07, 6.45) is 1.58. The fourth-order valence-corrected chi connectivity index (χ4v) is 3.46. The molecular formula is C15H10N2O2S2. The lowest BCUT2D eigenvalue weighted by molar-refractivity contribution is 0.102. The third-order valence-corrected chi connectivity index (χ3v) is 4.53. The van der Waals surface area contributed by atoms with Crippen LogP contribution in [-0.4, -0.2) is 22.6 Å². The van der Waals surface area contributed by atoms with Gasteiger partial charge in [-0.15, -0.1) is 11.3 Å². The molecule has 3 rings (SSSR count). The maximum atomic E-state index is 12.3. The molecule has 6 heteroatoms. The number of nitrogens with one attached hydrogen (secondary N) is 1. The van der Waals surface area contributed by atoms with Crippen molar-refractivity contribution in [1.82, 2.24) is 4.98 Å². The zero-order valence-electron chi connectivity index (χ0n) is 10.8. The smallest absolute Gasteiger partial charge is 0.258 e. The molecule has 0 aliphatic heterocycles. The third-order valence-electron chi connectivity index (χ3n) is 2.74. The van der Waals surface area contributed by atoms with Crippen LogP contribution >= 0.6 is 22.7 Å². The Bertz CT molecular complexity index is 855. The molecule has 0 saturated heterocycles. The topological polar surface area (TPSA) is 62.2 Å². The predicted octanol–water partition coefficient (Wildman–Crippen LogP) is 2.95. The van der Waals surface area contributed by atoms with E-state index >= 15 is 0 Å². The van der Waals surface area contributed by atoms with Crippen molar-refractivity contribution < 1.29 is 9.90 Å². The van der Waals surface area contributed by atoms with Gasteiger partial charge in [-0.25, -0.2) is 4.98 Å². The number of aliphatic hydroxyl groups excluding tert-OH is 1. The molecule has 1 aromatic carbocycles. The van der Waals surface area contributed by atoms with Gasteiger partial charge in [0, 0.05) is 15.5 Å². The van der Waals surface area contributed by atoms with E-state index in [-0.39, 0.29) is 12.5 Å². The van der Waals surface area contributed by atoms with Crippen LogP contribution < -0.4 is 5.32 Å². The number of fused-ring (bicyclic) bond motifs is 1. The largest absolute Gasteiger partial charge is 0.384 e. The Balaban J connectivity index is 1.81. The van der Waals surface area contributed by atoms with Crippen molar-refractivity contribution >= 4 is 43.8 Å². The van der Waals surface area contributed by atoms with E-state index in [1.54, 1.807) is 17.5 Å². The van der Waals surface area contributed by atoms with Crippen LogP contribution in [0.2, 0.25) is 0 Å². The Hall–Kier alpha value is -2.20. The molecule has 21 heavy (non-hydrogen) atoms. The summed E-state index contributed by atoms with van der Waals surface area (Å²) in [5, 5.41) is 14.7. The monoisotopic (exact) mass is 314 g/mol. The van der Waals surface area contributed by atoms with Crippen molar-refractivity contribution in [3.63, 3.8) is 0 Å². The molecule has 4 nitrogen and oxygen atoms in total. The van der Waals surface area contributed by atoms with Gasteiger partial charge in [0.25, 0.3) is 5.91 Å². The number of aliphatic hydroxyl groups is 1. The summed E-state index contributed by atoms with van der Waals surface area (Å²) in [7, 11) is 0. The summed E-state index contributed by atoms with van der Waals surface area (Å²) in [6, 6.07) is 7.79. The molecule has 0 fully saturated rings. The van der Waals surface area contributed by atoms with E-state index in [1.165, 1.54) is 11.3 Å². The third kappa shape index (κ3) is 2.95. The molecule has 0 spiro atoms. The van der Waals surface area contributed by atoms with Crippen LogP contribution in [0.3, 0.4) is 0 Å². The van der Waals surface area contributed by atoms with Crippen molar-refractivity contribution in [3.05, 3.63) is 46.3 Å². The molecule has 2 N–H and O–H groups in total. The number of carbonyl (C=O) groups is 1. The fraction of sp³-hybridized carbons (Fsp3) is 0.0667. The summed E-state index contributed by atoms with van der Waals surface area (Å²) < 4.78 is 1.08. The van der Waals surface area contributed by atoms with Gasteiger partial charge >= 0.3 is 0 Å². The standard InChI is InChI=1S/C15H10N2O2S2/c18-7-3-4-10-8-16-15(21-10)17-14(19)12-9-20-13-6-2-1-5-11(12)13/h1-2,5-6,8-9,18H,7H2,(H,16,17,19). The number of hydrogen-bond acceptors (Lipinski definition) is 5. The molecule has 0 bridgehead atoms. The zero-order chi connectivity index (χ0) is 14.7. The number of carbonyl (C=O) groups excluding carboxylic acids is 1. The maximum Gasteiger partial charge on any atom is 0.258 e. The van der Waals surface area contributed by atoms with E-state index in [1.807, 2.05) is 29.6 Å². The van der Waals surface area contributed by atoms with Gasteiger partial charge in [-0.3, -0.25) is 10.1 Å². The van der Waals surface area contributed by atoms with Crippen LogP contribution in [0.1, 0.15) is 15.2 Å². The van der Waals surface area contributed by atoms with Gasteiger partial charge in [0.05, 0.1) is 16.6 Å². The first-order valence-corrected chi connectivity index (χ1v) is 7.80. The molecule has 104 valence electrons. The highest BCUT2D eigenvalue weighted by Gasteiger charge is 2.13.